The maximum absolute atomic E-state index is 12.4. The Morgan fingerprint density at radius 3 is 2.41 bits per heavy atom. The summed E-state index contributed by atoms with van der Waals surface area (Å²) in [6, 6.07) is 7.59. The number of nitrogens with zero attached hydrogens (tertiary/aromatic N) is 4. The van der Waals surface area contributed by atoms with Gasteiger partial charge in [0, 0.05) is 5.56 Å². The lowest BCUT2D eigenvalue weighted by Crippen LogP contribution is -1.99. The third-order valence-corrected chi connectivity index (χ3v) is 2.39. The number of halogens is 2. The normalized spacial score (nSPS) is 10.5. The molecule has 2 aromatic rings. The highest BCUT2D eigenvalue weighted by Gasteiger charge is 2.10. The highest BCUT2D eigenvalue weighted by Crippen LogP contribution is 2.20. The molecule has 17 heavy (non-hydrogen) atoms. The molecule has 0 fully saturated rings. The molecule has 0 spiro atoms. The van der Waals surface area contributed by atoms with Crippen molar-refractivity contribution < 1.29 is 8.78 Å². The second kappa shape index (κ2) is 4.29. The second-order valence-corrected chi connectivity index (χ2v) is 3.44. The molecule has 0 aliphatic carbocycles. The van der Waals surface area contributed by atoms with Crippen molar-refractivity contribution in [3.63, 3.8) is 0 Å². The molecule has 0 radical (unpaired) electrons. The average Bonchev–Trinajstić information content (AvgIpc) is 2.70. The van der Waals surface area contributed by atoms with Crippen molar-refractivity contribution >= 4 is 0 Å². The number of rotatable bonds is 2. The number of hydrogen-bond acceptors (Lipinski definition) is 3. The maximum Gasteiger partial charge on any atom is 0.263 e. The molecule has 2 rings (SSSR count). The lowest BCUT2D eigenvalue weighted by molar-refractivity contribution is 0.151. The molecule has 6 heteroatoms. The van der Waals surface area contributed by atoms with Gasteiger partial charge in [-0.25, -0.2) is 13.5 Å². The van der Waals surface area contributed by atoms with Gasteiger partial charge < -0.3 is 0 Å². The van der Waals surface area contributed by atoms with E-state index in [0.717, 1.165) is 0 Å². The van der Waals surface area contributed by atoms with Gasteiger partial charge in [0.1, 0.15) is 6.07 Å². The van der Waals surface area contributed by atoms with Gasteiger partial charge in [-0.3, -0.25) is 0 Å². The SMILES string of the molecule is Cc1c(C#N)nnn1-c1ccc(C(F)F)cc1. The number of aromatic nitrogens is 3. The summed E-state index contributed by atoms with van der Waals surface area (Å²) < 4.78 is 26.2. The van der Waals surface area contributed by atoms with E-state index in [1.165, 1.54) is 28.9 Å². The Morgan fingerprint density at radius 1 is 1.29 bits per heavy atom. The van der Waals surface area contributed by atoms with Crippen LogP contribution in [0.4, 0.5) is 8.78 Å². The van der Waals surface area contributed by atoms with Gasteiger partial charge in [-0.2, -0.15) is 5.26 Å². The lowest BCUT2D eigenvalue weighted by atomic mass is 10.2. The minimum atomic E-state index is -2.49. The Balaban J connectivity index is 2.40. The Kier molecular flexibility index (Phi) is 2.83. The number of benzene rings is 1. The first-order valence-electron chi connectivity index (χ1n) is 4.84. The van der Waals surface area contributed by atoms with E-state index in [1.807, 2.05) is 6.07 Å². The zero-order valence-electron chi connectivity index (χ0n) is 8.93. The lowest BCUT2D eigenvalue weighted by Gasteiger charge is -2.04. The standard InChI is InChI=1S/C11H8F2N4/c1-7-10(6-14)15-16-17(7)9-4-2-8(3-5-9)11(12)13/h2-5,11H,1H3. The molecular formula is C11H8F2N4. The highest BCUT2D eigenvalue weighted by atomic mass is 19.3. The number of alkyl halides is 2. The third-order valence-electron chi connectivity index (χ3n) is 2.39. The largest absolute Gasteiger partial charge is 0.263 e. The van der Waals surface area contributed by atoms with Gasteiger partial charge >= 0.3 is 0 Å². The van der Waals surface area contributed by atoms with Crippen LogP contribution < -0.4 is 0 Å². The van der Waals surface area contributed by atoms with Gasteiger partial charge in [0.2, 0.25) is 0 Å². The summed E-state index contributed by atoms with van der Waals surface area (Å²) >= 11 is 0. The van der Waals surface area contributed by atoms with E-state index in [-0.39, 0.29) is 11.3 Å². The molecule has 1 heterocycles. The predicted molar refractivity (Wildman–Crippen MR) is 55.8 cm³/mol. The van der Waals surface area contributed by atoms with E-state index in [0.29, 0.717) is 11.4 Å². The van der Waals surface area contributed by atoms with Crippen LogP contribution in [0.1, 0.15) is 23.4 Å². The molecular weight excluding hydrogens is 226 g/mol. The molecule has 0 amide bonds. The molecule has 0 unspecified atom stereocenters. The predicted octanol–water partition coefficient (Wildman–Crippen LogP) is 2.39. The van der Waals surface area contributed by atoms with E-state index in [9.17, 15) is 8.78 Å². The van der Waals surface area contributed by atoms with Gasteiger partial charge in [-0.15, -0.1) is 5.10 Å². The quantitative estimate of drug-likeness (QED) is 0.801. The molecule has 4 nitrogen and oxygen atoms in total. The van der Waals surface area contributed by atoms with Crippen LogP contribution in [0.5, 0.6) is 0 Å². The topological polar surface area (TPSA) is 54.5 Å². The van der Waals surface area contributed by atoms with Crippen molar-refractivity contribution in [1.82, 2.24) is 15.0 Å². The van der Waals surface area contributed by atoms with Crippen LogP contribution in [0.3, 0.4) is 0 Å². The molecule has 0 N–H and O–H groups in total. The third kappa shape index (κ3) is 1.99. The Labute approximate surface area is 96.1 Å². The fourth-order valence-electron chi connectivity index (χ4n) is 1.44. The van der Waals surface area contributed by atoms with Crippen molar-refractivity contribution in [3.8, 4) is 11.8 Å². The van der Waals surface area contributed by atoms with E-state index in [1.54, 1.807) is 6.92 Å². The van der Waals surface area contributed by atoms with Crippen LogP contribution in [-0.4, -0.2) is 15.0 Å². The van der Waals surface area contributed by atoms with Crippen LogP contribution in [0.2, 0.25) is 0 Å². The summed E-state index contributed by atoms with van der Waals surface area (Å²) in [6.07, 6.45) is -2.49. The smallest absolute Gasteiger partial charge is 0.216 e. The summed E-state index contributed by atoms with van der Waals surface area (Å²) in [5, 5.41) is 16.2. The zero-order valence-corrected chi connectivity index (χ0v) is 8.93. The second-order valence-electron chi connectivity index (χ2n) is 3.44. The fourth-order valence-corrected chi connectivity index (χ4v) is 1.44. The molecule has 0 aliphatic heterocycles. The molecule has 0 aliphatic rings. The summed E-state index contributed by atoms with van der Waals surface area (Å²) in [5.74, 6) is 0. The van der Waals surface area contributed by atoms with Gasteiger partial charge in [0.05, 0.1) is 11.4 Å². The van der Waals surface area contributed by atoms with Crippen molar-refractivity contribution in [2.75, 3.05) is 0 Å². The average molecular weight is 234 g/mol. The molecule has 0 saturated heterocycles. The summed E-state index contributed by atoms with van der Waals surface area (Å²) in [5.41, 5.74) is 1.35. The van der Waals surface area contributed by atoms with E-state index in [4.69, 9.17) is 5.26 Å². The van der Waals surface area contributed by atoms with E-state index >= 15 is 0 Å². The summed E-state index contributed by atoms with van der Waals surface area (Å²) in [7, 11) is 0. The van der Waals surface area contributed by atoms with Gasteiger partial charge in [-0.05, 0) is 19.1 Å². The number of hydrogen-bond donors (Lipinski definition) is 0. The minimum Gasteiger partial charge on any atom is -0.216 e. The monoisotopic (exact) mass is 234 g/mol. The van der Waals surface area contributed by atoms with Crippen molar-refractivity contribution in [2.45, 2.75) is 13.3 Å². The van der Waals surface area contributed by atoms with Crippen molar-refractivity contribution in [2.24, 2.45) is 0 Å². The molecule has 0 bridgehead atoms. The minimum absolute atomic E-state index is 0.0491. The first-order chi connectivity index (χ1) is 8.13. The van der Waals surface area contributed by atoms with Crippen LogP contribution >= 0.6 is 0 Å². The Bertz CT molecular complexity index is 566. The molecule has 86 valence electrons. The van der Waals surface area contributed by atoms with Gasteiger partial charge in [0.25, 0.3) is 6.43 Å². The highest BCUT2D eigenvalue weighted by molar-refractivity contribution is 5.37. The van der Waals surface area contributed by atoms with E-state index < -0.39 is 6.43 Å². The molecule has 0 atom stereocenters. The van der Waals surface area contributed by atoms with Crippen molar-refractivity contribution in [3.05, 3.63) is 41.2 Å². The fraction of sp³-hybridized carbons (Fsp3) is 0.182. The van der Waals surface area contributed by atoms with Gasteiger partial charge in [-0.1, -0.05) is 17.3 Å². The summed E-state index contributed by atoms with van der Waals surface area (Å²) in [6.45, 7) is 1.69. The summed E-state index contributed by atoms with van der Waals surface area (Å²) in [4.78, 5) is 0. The molecule has 0 saturated carbocycles. The van der Waals surface area contributed by atoms with Crippen LogP contribution in [-0.2, 0) is 0 Å². The van der Waals surface area contributed by atoms with E-state index in [2.05, 4.69) is 10.3 Å². The van der Waals surface area contributed by atoms with Crippen LogP contribution in [0.25, 0.3) is 5.69 Å². The first kappa shape index (κ1) is 11.2. The number of nitriles is 1. The van der Waals surface area contributed by atoms with Crippen molar-refractivity contribution in [1.29, 1.82) is 5.26 Å². The van der Waals surface area contributed by atoms with Crippen LogP contribution in [0.15, 0.2) is 24.3 Å². The van der Waals surface area contributed by atoms with Crippen LogP contribution in [0, 0.1) is 18.3 Å². The Morgan fingerprint density at radius 2 is 1.94 bits per heavy atom. The maximum atomic E-state index is 12.4. The molecule has 1 aromatic carbocycles. The zero-order chi connectivity index (χ0) is 12.4. The van der Waals surface area contributed by atoms with Gasteiger partial charge in [0.15, 0.2) is 5.69 Å². The molecule has 1 aromatic heterocycles. The first-order valence-corrected chi connectivity index (χ1v) is 4.84. The Hall–Kier alpha value is -2.29.